The van der Waals surface area contributed by atoms with E-state index in [-0.39, 0.29) is 21.4 Å². The molecule has 0 radical (unpaired) electrons. The topological polar surface area (TPSA) is 80.5 Å². The van der Waals surface area contributed by atoms with E-state index < -0.39 is 11.8 Å². The average Bonchev–Trinajstić information content (AvgIpc) is 2.94. The zero-order valence-electron chi connectivity index (χ0n) is 16.6. The second-order valence-corrected chi connectivity index (χ2v) is 8.98. The third kappa shape index (κ3) is 2.27. The number of nitro groups is 1. The van der Waals surface area contributed by atoms with Crippen LogP contribution in [0.25, 0.3) is 0 Å². The van der Waals surface area contributed by atoms with Gasteiger partial charge in [-0.05, 0) is 47.9 Å². The fourth-order valence-electron chi connectivity index (χ4n) is 5.13. The summed E-state index contributed by atoms with van der Waals surface area (Å²) in [5.74, 6) is -0.874. The molecule has 144 valence electrons. The van der Waals surface area contributed by atoms with Crippen molar-refractivity contribution in [2.24, 2.45) is 0 Å². The Kier molecular flexibility index (Phi) is 3.60. The van der Waals surface area contributed by atoms with Crippen molar-refractivity contribution in [1.82, 2.24) is 0 Å². The number of rotatable bonds is 2. The Morgan fingerprint density at radius 3 is 2.04 bits per heavy atom. The number of fused-ring (bicyclic) bond motifs is 2. The lowest BCUT2D eigenvalue weighted by Gasteiger charge is -2.23. The molecule has 28 heavy (non-hydrogen) atoms. The zero-order valence-corrected chi connectivity index (χ0v) is 16.6. The van der Waals surface area contributed by atoms with Gasteiger partial charge in [0.15, 0.2) is 0 Å². The van der Waals surface area contributed by atoms with Gasteiger partial charge in [-0.15, -0.1) is 0 Å². The molecule has 2 amide bonds. The normalized spacial score (nSPS) is 19.0. The fraction of sp³-hybridized carbons (Fsp3) is 0.364. The molecule has 1 aliphatic carbocycles. The fourth-order valence-corrected chi connectivity index (χ4v) is 5.13. The minimum Gasteiger partial charge on any atom is -0.268 e. The van der Waals surface area contributed by atoms with Gasteiger partial charge < -0.3 is 0 Å². The van der Waals surface area contributed by atoms with Crippen LogP contribution in [0, 0.1) is 17.0 Å². The van der Waals surface area contributed by atoms with Crippen molar-refractivity contribution in [3.8, 4) is 0 Å². The van der Waals surface area contributed by atoms with Crippen molar-refractivity contribution in [2.45, 2.75) is 51.9 Å². The Morgan fingerprint density at radius 1 is 1.00 bits per heavy atom. The number of benzene rings is 2. The smallest absolute Gasteiger partial charge is 0.268 e. The Hall–Kier alpha value is -3.02. The highest BCUT2D eigenvalue weighted by Gasteiger charge is 2.49. The third-order valence-electron chi connectivity index (χ3n) is 6.03. The first kappa shape index (κ1) is 18.3. The largest absolute Gasteiger partial charge is 0.278 e. The van der Waals surface area contributed by atoms with Gasteiger partial charge in [-0.1, -0.05) is 39.8 Å². The molecule has 2 aliphatic rings. The minimum absolute atomic E-state index is 0.0135. The summed E-state index contributed by atoms with van der Waals surface area (Å²) >= 11 is 0. The van der Waals surface area contributed by atoms with Crippen molar-refractivity contribution in [2.75, 3.05) is 4.90 Å². The maximum absolute atomic E-state index is 13.0. The number of hydrogen-bond acceptors (Lipinski definition) is 4. The molecular formula is C22H22N2O4. The van der Waals surface area contributed by atoms with E-state index in [2.05, 4.69) is 0 Å². The van der Waals surface area contributed by atoms with Gasteiger partial charge >= 0.3 is 0 Å². The molecule has 0 N–H and O–H groups in total. The van der Waals surface area contributed by atoms with Gasteiger partial charge in [0.25, 0.3) is 17.5 Å². The van der Waals surface area contributed by atoms with Crippen LogP contribution in [0.2, 0.25) is 0 Å². The molecule has 6 nitrogen and oxygen atoms in total. The number of hydrogen-bond donors (Lipinski definition) is 0. The number of nitro benzene ring substituents is 1. The molecule has 0 atom stereocenters. The molecule has 1 heterocycles. The number of anilines is 1. The molecule has 0 saturated heterocycles. The molecule has 0 aromatic heterocycles. The molecule has 0 fully saturated rings. The Bertz CT molecular complexity index is 1050. The van der Waals surface area contributed by atoms with Crippen LogP contribution in [-0.2, 0) is 10.8 Å². The van der Waals surface area contributed by atoms with E-state index in [0.717, 1.165) is 16.9 Å². The van der Waals surface area contributed by atoms with Crippen LogP contribution in [0.5, 0.6) is 0 Å². The third-order valence-corrected chi connectivity index (χ3v) is 6.03. The average molecular weight is 378 g/mol. The summed E-state index contributed by atoms with van der Waals surface area (Å²) in [7, 11) is 0. The molecule has 0 unspecified atom stereocenters. The highest BCUT2D eigenvalue weighted by Crippen LogP contribution is 2.55. The Labute approximate surface area is 163 Å². The van der Waals surface area contributed by atoms with Crippen LogP contribution in [0.1, 0.15) is 71.5 Å². The molecule has 0 saturated carbocycles. The van der Waals surface area contributed by atoms with E-state index in [1.165, 1.54) is 0 Å². The summed E-state index contributed by atoms with van der Waals surface area (Å²) < 4.78 is 0. The summed E-state index contributed by atoms with van der Waals surface area (Å²) in [6.07, 6.45) is 0.751. The van der Waals surface area contributed by atoms with E-state index >= 15 is 0 Å². The van der Waals surface area contributed by atoms with Gasteiger partial charge in [0.05, 0.1) is 27.3 Å². The van der Waals surface area contributed by atoms with E-state index in [4.69, 9.17) is 0 Å². The minimum atomic E-state index is -0.437. The van der Waals surface area contributed by atoms with Crippen molar-refractivity contribution >= 4 is 23.2 Å². The highest BCUT2D eigenvalue weighted by atomic mass is 16.6. The zero-order chi connectivity index (χ0) is 20.6. The molecular weight excluding hydrogens is 356 g/mol. The summed E-state index contributed by atoms with van der Waals surface area (Å²) in [5.41, 5.74) is 2.20. The standard InChI is InChI=1S/C22H22N2O4/c1-12-16(23-19(25)13-8-6-7-9-14(13)20(23)26)10-15-17(18(12)24(27)28)22(4,5)11-21(15,2)3/h6-10H,11H2,1-5H3. The molecule has 1 aliphatic heterocycles. The lowest BCUT2D eigenvalue weighted by Crippen LogP contribution is -2.31. The summed E-state index contributed by atoms with van der Waals surface area (Å²) in [4.78, 5) is 38.7. The maximum Gasteiger partial charge on any atom is 0.278 e. The monoisotopic (exact) mass is 378 g/mol. The molecule has 6 heteroatoms. The van der Waals surface area contributed by atoms with Crippen molar-refractivity contribution < 1.29 is 14.5 Å². The lowest BCUT2D eigenvalue weighted by molar-refractivity contribution is -0.386. The van der Waals surface area contributed by atoms with E-state index in [1.807, 2.05) is 33.8 Å². The number of carbonyl (C=O) groups excluding carboxylic acids is 2. The van der Waals surface area contributed by atoms with Crippen LogP contribution >= 0.6 is 0 Å². The van der Waals surface area contributed by atoms with Crippen LogP contribution in [0.15, 0.2) is 30.3 Å². The van der Waals surface area contributed by atoms with Crippen molar-refractivity contribution in [1.29, 1.82) is 0 Å². The first-order valence-electron chi connectivity index (χ1n) is 9.28. The summed E-state index contributed by atoms with van der Waals surface area (Å²) in [6, 6.07) is 8.45. The van der Waals surface area contributed by atoms with Crippen LogP contribution in [0.4, 0.5) is 11.4 Å². The van der Waals surface area contributed by atoms with Crippen LogP contribution in [0.3, 0.4) is 0 Å². The van der Waals surface area contributed by atoms with E-state index in [1.54, 1.807) is 31.2 Å². The van der Waals surface area contributed by atoms with E-state index in [0.29, 0.717) is 27.9 Å². The van der Waals surface area contributed by atoms with Crippen molar-refractivity contribution in [3.05, 3.63) is 68.3 Å². The quantitative estimate of drug-likeness (QED) is 0.432. The number of nitrogens with zero attached hydrogens (tertiary/aromatic N) is 2. The first-order valence-corrected chi connectivity index (χ1v) is 9.28. The number of amides is 2. The summed E-state index contributed by atoms with van der Waals surface area (Å²) in [6.45, 7) is 9.74. The first-order chi connectivity index (χ1) is 13.0. The Balaban J connectivity index is 2.02. The van der Waals surface area contributed by atoms with Gasteiger partial charge in [-0.25, -0.2) is 4.90 Å². The van der Waals surface area contributed by atoms with Gasteiger partial charge in [-0.2, -0.15) is 0 Å². The Morgan fingerprint density at radius 2 is 1.54 bits per heavy atom. The summed E-state index contributed by atoms with van der Waals surface area (Å²) in [5, 5.41) is 12.0. The van der Waals surface area contributed by atoms with Gasteiger partial charge in [0, 0.05) is 5.56 Å². The van der Waals surface area contributed by atoms with Crippen LogP contribution in [-0.4, -0.2) is 16.7 Å². The van der Waals surface area contributed by atoms with Crippen LogP contribution < -0.4 is 4.90 Å². The maximum atomic E-state index is 13.0. The van der Waals surface area contributed by atoms with Gasteiger partial charge in [-0.3, -0.25) is 19.7 Å². The SMILES string of the molecule is Cc1c(N2C(=O)c3ccccc3C2=O)cc2c(c1[N+](=O)[O-])C(C)(C)CC2(C)C. The molecule has 0 bridgehead atoms. The molecule has 4 rings (SSSR count). The molecule has 2 aromatic carbocycles. The number of imide groups is 1. The number of carbonyl (C=O) groups is 2. The predicted octanol–water partition coefficient (Wildman–Crippen LogP) is 4.66. The predicted molar refractivity (Wildman–Crippen MR) is 106 cm³/mol. The molecule has 2 aromatic rings. The second-order valence-electron chi connectivity index (χ2n) is 8.98. The van der Waals surface area contributed by atoms with E-state index in [9.17, 15) is 19.7 Å². The van der Waals surface area contributed by atoms with Gasteiger partial charge in [0.1, 0.15) is 0 Å². The molecule has 0 spiro atoms. The van der Waals surface area contributed by atoms with Crippen molar-refractivity contribution in [3.63, 3.8) is 0 Å². The lowest BCUT2D eigenvalue weighted by atomic mass is 9.81. The van der Waals surface area contributed by atoms with Gasteiger partial charge in [0.2, 0.25) is 0 Å². The second kappa shape index (κ2) is 5.50. The highest BCUT2D eigenvalue weighted by molar-refractivity contribution is 6.34.